The lowest BCUT2D eigenvalue weighted by molar-refractivity contribution is -0.122. The second kappa shape index (κ2) is 7.57. The lowest BCUT2D eigenvalue weighted by atomic mass is 10.2. The monoisotopic (exact) mass is 391 g/mol. The van der Waals surface area contributed by atoms with Gasteiger partial charge >= 0.3 is 0 Å². The van der Waals surface area contributed by atoms with Gasteiger partial charge in [-0.05, 0) is 43.3 Å². The molecule has 0 aromatic heterocycles. The third-order valence-electron chi connectivity index (χ3n) is 3.51. The van der Waals surface area contributed by atoms with Gasteiger partial charge in [0.1, 0.15) is 5.75 Å². The Bertz CT molecular complexity index is 717. The summed E-state index contributed by atoms with van der Waals surface area (Å²) in [7, 11) is 0. The number of benzene rings is 2. The first-order valence-electron chi connectivity index (χ1n) is 7.74. The standard InChI is InChI=1S/C18H18BrNO4/c1-12(24-15-6-3-13(19)4-7-15)18(21)20-14-5-8-16-17(11-14)23-10-2-9-22-16/h3-8,11-12H,2,9-10H2,1H3,(H,20,21). The predicted molar refractivity (Wildman–Crippen MR) is 94.9 cm³/mol. The molecule has 0 aliphatic carbocycles. The zero-order chi connectivity index (χ0) is 16.9. The van der Waals surface area contributed by atoms with Gasteiger partial charge in [0.05, 0.1) is 13.2 Å². The summed E-state index contributed by atoms with van der Waals surface area (Å²) in [6.45, 7) is 2.95. The fourth-order valence-electron chi connectivity index (χ4n) is 2.26. The van der Waals surface area contributed by atoms with Gasteiger partial charge in [0, 0.05) is 22.6 Å². The van der Waals surface area contributed by atoms with Crippen molar-refractivity contribution < 1.29 is 19.0 Å². The molecule has 2 aromatic rings. The molecular weight excluding hydrogens is 374 g/mol. The SMILES string of the molecule is CC(Oc1ccc(Br)cc1)C(=O)Nc1ccc2c(c1)OCCCO2. The lowest BCUT2D eigenvalue weighted by Crippen LogP contribution is -2.30. The average Bonchev–Trinajstić information content (AvgIpc) is 2.81. The van der Waals surface area contributed by atoms with Crippen LogP contribution >= 0.6 is 15.9 Å². The van der Waals surface area contributed by atoms with Crippen molar-refractivity contribution in [3.05, 3.63) is 46.9 Å². The summed E-state index contributed by atoms with van der Waals surface area (Å²) in [6, 6.07) is 12.7. The summed E-state index contributed by atoms with van der Waals surface area (Å²) in [4.78, 5) is 12.3. The number of halogens is 1. The summed E-state index contributed by atoms with van der Waals surface area (Å²) in [5.41, 5.74) is 0.649. The second-order valence-corrected chi connectivity index (χ2v) is 6.33. The molecule has 1 N–H and O–H groups in total. The number of carbonyl (C=O) groups excluding carboxylic acids is 1. The number of hydrogen-bond acceptors (Lipinski definition) is 4. The normalized spacial score (nSPS) is 14.4. The topological polar surface area (TPSA) is 56.8 Å². The molecule has 1 aliphatic heterocycles. The number of ether oxygens (including phenoxy) is 3. The van der Waals surface area contributed by atoms with Crippen LogP contribution in [0.15, 0.2) is 46.9 Å². The number of carbonyl (C=O) groups is 1. The van der Waals surface area contributed by atoms with Gasteiger partial charge < -0.3 is 19.5 Å². The van der Waals surface area contributed by atoms with Gasteiger partial charge in [-0.25, -0.2) is 0 Å². The van der Waals surface area contributed by atoms with Crippen molar-refractivity contribution in [1.29, 1.82) is 0 Å². The third kappa shape index (κ3) is 4.20. The van der Waals surface area contributed by atoms with Crippen molar-refractivity contribution in [2.75, 3.05) is 18.5 Å². The number of amides is 1. The van der Waals surface area contributed by atoms with Crippen LogP contribution in [0.2, 0.25) is 0 Å². The van der Waals surface area contributed by atoms with Gasteiger partial charge in [0.2, 0.25) is 0 Å². The van der Waals surface area contributed by atoms with Gasteiger partial charge in [-0.15, -0.1) is 0 Å². The minimum absolute atomic E-state index is 0.229. The van der Waals surface area contributed by atoms with E-state index in [1.165, 1.54) is 0 Å². The number of anilines is 1. The molecule has 1 heterocycles. The molecule has 126 valence electrons. The molecule has 6 heteroatoms. The maximum atomic E-state index is 12.3. The highest BCUT2D eigenvalue weighted by atomic mass is 79.9. The molecular formula is C18H18BrNO4. The molecule has 0 saturated carbocycles. The van der Waals surface area contributed by atoms with Crippen LogP contribution in [0.1, 0.15) is 13.3 Å². The van der Waals surface area contributed by atoms with Gasteiger partial charge in [0.15, 0.2) is 17.6 Å². The largest absolute Gasteiger partial charge is 0.490 e. The van der Waals surface area contributed by atoms with Crippen LogP contribution in [0.5, 0.6) is 17.2 Å². The molecule has 0 spiro atoms. The van der Waals surface area contributed by atoms with Crippen molar-refractivity contribution in [2.24, 2.45) is 0 Å². The number of rotatable bonds is 4. The third-order valence-corrected chi connectivity index (χ3v) is 4.04. The highest BCUT2D eigenvalue weighted by molar-refractivity contribution is 9.10. The minimum Gasteiger partial charge on any atom is -0.490 e. The molecule has 1 atom stereocenters. The first-order valence-corrected chi connectivity index (χ1v) is 8.54. The van der Waals surface area contributed by atoms with E-state index in [0.717, 1.165) is 10.9 Å². The van der Waals surface area contributed by atoms with Crippen LogP contribution in [0.3, 0.4) is 0 Å². The van der Waals surface area contributed by atoms with E-state index in [1.807, 2.05) is 12.1 Å². The average molecular weight is 392 g/mol. The fraction of sp³-hybridized carbons (Fsp3) is 0.278. The maximum Gasteiger partial charge on any atom is 0.265 e. The van der Waals surface area contributed by atoms with Crippen molar-refractivity contribution in [1.82, 2.24) is 0 Å². The molecule has 24 heavy (non-hydrogen) atoms. The zero-order valence-electron chi connectivity index (χ0n) is 13.3. The quantitative estimate of drug-likeness (QED) is 0.854. The molecule has 3 rings (SSSR count). The molecule has 0 bridgehead atoms. The zero-order valence-corrected chi connectivity index (χ0v) is 14.8. The predicted octanol–water partition coefficient (Wildman–Crippen LogP) is 4.02. The summed E-state index contributed by atoms with van der Waals surface area (Å²) in [5, 5.41) is 2.84. The Labute approximate surface area is 149 Å². The summed E-state index contributed by atoms with van der Waals surface area (Å²) < 4.78 is 17.8. The van der Waals surface area contributed by atoms with E-state index < -0.39 is 6.10 Å². The van der Waals surface area contributed by atoms with Crippen molar-refractivity contribution >= 4 is 27.5 Å². The first kappa shape index (κ1) is 16.6. The van der Waals surface area contributed by atoms with E-state index in [9.17, 15) is 4.79 Å². The van der Waals surface area contributed by atoms with E-state index in [-0.39, 0.29) is 5.91 Å². The fourth-order valence-corrected chi connectivity index (χ4v) is 2.52. The van der Waals surface area contributed by atoms with Crippen LogP contribution in [0, 0.1) is 0 Å². The van der Waals surface area contributed by atoms with Crippen LogP contribution in [-0.2, 0) is 4.79 Å². The second-order valence-electron chi connectivity index (χ2n) is 5.42. The molecule has 1 amide bonds. The molecule has 0 saturated heterocycles. The summed E-state index contributed by atoms with van der Waals surface area (Å²) in [5.74, 6) is 1.75. The Morgan fingerprint density at radius 1 is 1.12 bits per heavy atom. The number of fused-ring (bicyclic) bond motifs is 1. The minimum atomic E-state index is -0.623. The van der Waals surface area contributed by atoms with Gasteiger partial charge in [-0.1, -0.05) is 15.9 Å². The Morgan fingerprint density at radius 3 is 2.58 bits per heavy atom. The van der Waals surface area contributed by atoms with Crippen LogP contribution < -0.4 is 19.5 Å². The smallest absolute Gasteiger partial charge is 0.265 e. The Kier molecular flexibility index (Phi) is 5.25. The number of hydrogen-bond donors (Lipinski definition) is 1. The molecule has 1 aliphatic rings. The van der Waals surface area contributed by atoms with Crippen molar-refractivity contribution in [3.8, 4) is 17.2 Å². The van der Waals surface area contributed by atoms with Crippen molar-refractivity contribution in [3.63, 3.8) is 0 Å². The van der Waals surface area contributed by atoms with Crippen LogP contribution in [-0.4, -0.2) is 25.2 Å². The van der Waals surface area contributed by atoms with Crippen LogP contribution in [0.4, 0.5) is 5.69 Å². The Hall–Kier alpha value is -2.21. The summed E-state index contributed by atoms with van der Waals surface area (Å²) in [6.07, 6.45) is 0.219. The summed E-state index contributed by atoms with van der Waals surface area (Å²) >= 11 is 3.36. The van der Waals surface area contributed by atoms with Gasteiger partial charge in [0.25, 0.3) is 5.91 Å². The molecule has 2 aromatic carbocycles. The molecule has 0 fully saturated rings. The Morgan fingerprint density at radius 2 is 1.83 bits per heavy atom. The van der Waals surface area contributed by atoms with Crippen molar-refractivity contribution in [2.45, 2.75) is 19.4 Å². The lowest BCUT2D eigenvalue weighted by Gasteiger charge is -2.15. The van der Waals surface area contributed by atoms with E-state index in [0.29, 0.717) is 36.1 Å². The van der Waals surface area contributed by atoms with E-state index in [4.69, 9.17) is 14.2 Å². The Balaban J connectivity index is 1.63. The number of nitrogens with one attached hydrogen (secondary N) is 1. The highest BCUT2D eigenvalue weighted by Crippen LogP contribution is 2.32. The van der Waals surface area contributed by atoms with Gasteiger partial charge in [-0.2, -0.15) is 0 Å². The van der Waals surface area contributed by atoms with Crippen LogP contribution in [0.25, 0.3) is 0 Å². The van der Waals surface area contributed by atoms with Gasteiger partial charge in [-0.3, -0.25) is 4.79 Å². The highest BCUT2D eigenvalue weighted by Gasteiger charge is 2.17. The maximum absolute atomic E-state index is 12.3. The van der Waals surface area contributed by atoms with E-state index >= 15 is 0 Å². The van der Waals surface area contributed by atoms with E-state index in [1.54, 1.807) is 37.3 Å². The van der Waals surface area contributed by atoms with E-state index in [2.05, 4.69) is 21.2 Å². The molecule has 1 unspecified atom stereocenters. The molecule has 0 radical (unpaired) electrons. The first-order chi connectivity index (χ1) is 11.6. The molecule has 5 nitrogen and oxygen atoms in total.